The lowest BCUT2D eigenvalue weighted by Gasteiger charge is -2.17. The van der Waals surface area contributed by atoms with Crippen molar-refractivity contribution >= 4 is 34.8 Å². The number of alkyl halides is 3. The highest BCUT2D eigenvalue weighted by Crippen LogP contribution is 2.37. The van der Waals surface area contributed by atoms with Crippen molar-refractivity contribution in [3.05, 3.63) is 63.2 Å². The maximum absolute atomic E-state index is 13.7. The molecule has 0 aliphatic carbocycles. The molecule has 0 aromatic heterocycles. The summed E-state index contributed by atoms with van der Waals surface area (Å²) in [6.07, 6.45) is -4.56. The third kappa shape index (κ3) is 5.67. The number of methoxy groups -OCH3 is 1. The molecule has 1 atom stereocenters. The Hall–Kier alpha value is -4.00. The second-order valence-corrected chi connectivity index (χ2v) is 7.22. The topological polar surface area (TPSA) is 137 Å². The number of carbonyl (C=O) groups excluding carboxylic acids is 3. The number of nitrogens with one attached hydrogen (secondary N) is 2. The molecular weight excluding hydrogens is 463 g/mol. The van der Waals surface area contributed by atoms with Crippen molar-refractivity contribution < 1.29 is 42.0 Å². The number of rotatable bonds is 6. The van der Waals surface area contributed by atoms with Crippen LogP contribution in [0.1, 0.15) is 39.1 Å². The van der Waals surface area contributed by atoms with Crippen LogP contribution in [0, 0.1) is 10.1 Å². The Morgan fingerprint density at radius 3 is 2.41 bits per heavy atom. The van der Waals surface area contributed by atoms with Crippen LogP contribution in [0.3, 0.4) is 0 Å². The molecule has 1 fully saturated rings. The van der Waals surface area contributed by atoms with Crippen molar-refractivity contribution in [3.8, 4) is 0 Å². The second kappa shape index (κ2) is 9.87. The number of benzene rings is 2. The predicted molar refractivity (Wildman–Crippen MR) is 111 cm³/mol. The molecule has 2 aromatic carbocycles. The molecule has 1 unspecified atom stereocenters. The Balaban J connectivity index is 1.90. The molecule has 2 aromatic rings. The lowest BCUT2D eigenvalue weighted by Crippen LogP contribution is -2.27. The zero-order valence-corrected chi connectivity index (χ0v) is 17.6. The van der Waals surface area contributed by atoms with Crippen LogP contribution in [0.4, 0.5) is 30.2 Å². The maximum Gasteiger partial charge on any atom is 0.418 e. The average Bonchev–Trinajstić information content (AvgIpc) is 3.33. The summed E-state index contributed by atoms with van der Waals surface area (Å²) < 4.78 is 50.7. The lowest BCUT2D eigenvalue weighted by atomic mass is 10.1. The third-order valence-corrected chi connectivity index (χ3v) is 4.87. The van der Waals surface area contributed by atoms with Gasteiger partial charge in [-0.3, -0.25) is 19.7 Å². The monoisotopic (exact) mass is 481 g/mol. The van der Waals surface area contributed by atoms with E-state index in [4.69, 9.17) is 4.74 Å². The van der Waals surface area contributed by atoms with Crippen LogP contribution in [0.25, 0.3) is 0 Å². The second-order valence-electron chi connectivity index (χ2n) is 7.22. The van der Waals surface area contributed by atoms with Gasteiger partial charge >= 0.3 is 12.1 Å². The van der Waals surface area contributed by atoms with E-state index in [1.165, 1.54) is 0 Å². The fraction of sp³-hybridized carbons (Fsp3) is 0.286. The molecule has 2 N–H and O–H groups in total. The summed E-state index contributed by atoms with van der Waals surface area (Å²) >= 11 is 0. The van der Waals surface area contributed by atoms with E-state index in [1.54, 1.807) is 0 Å². The van der Waals surface area contributed by atoms with Gasteiger partial charge in [0.25, 0.3) is 17.5 Å². The van der Waals surface area contributed by atoms with Crippen LogP contribution in [0.2, 0.25) is 0 Å². The van der Waals surface area contributed by atoms with Gasteiger partial charge in [-0.2, -0.15) is 13.2 Å². The summed E-state index contributed by atoms with van der Waals surface area (Å²) in [6.45, 7) is 0.381. The Morgan fingerprint density at radius 2 is 1.82 bits per heavy atom. The molecule has 180 valence electrons. The zero-order valence-electron chi connectivity index (χ0n) is 17.6. The van der Waals surface area contributed by atoms with E-state index in [0.717, 1.165) is 37.4 Å². The molecule has 13 heteroatoms. The Kier molecular flexibility index (Phi) is 7.15. The minimum Gasteiger partial charge on any atom is -0.465 e. The number of esters is 1. The summed E-state index contributed by atoms with van der Waals surface area (Å²) in [5.41, 5.74) is -3.46. The fourth-order valence-electron chi connectivity index (χ4n) is 3.25. The number of nitrogens with zero attached hydrogens (tertiary/aromatic N) is 1. The molecule has 1 aliphatic heterocycles. The lowest BCUT2D eigenvalue weighted by molar-refractivity contribution is -0.384. The first-order valence-electron chi connectivity index (χ1n) is 9.82. The van der Waals surface area contributed by atoms with Gasteiger partial charge in [-0.15, -0.1) is 0 Å². The molecule has 0 spiro atoms. The smallest absolute Gasteiger partial charge is 0.418 e. The van der Waals surface area contributed by atoms with E-state index in [2.05, 4.69) is 10.1 Å². The van der Waals surface area contributed by atoms with Gasteiger partial charge in [0.05, 0.1) is 28.8 Å². The number of hydrogen-bond acceptors (Lipinski definition) is 7. The van der Waals surface area contributed by atoms with Crippen LogP contribution < -0.4 is 10.6 Å². The molecule has 34 heavy (non-hydrogen) atoms. The van der Waals surface area contributed by atoms with Gasteiger partial charge in [0.2, 0.25) is 0 Å². The maximum atomic E-state index is 13.7. The minimum atomic E-state index is -4.91. The van der Waals surface area contributed by atoms with Crippen molar-refractivity contribution in [1.82, 2.24) is 0 Å². The van der Waals surface area contributed by atoms with E-state index in [-0.39, 0.29) is 11.3 Å². The number of nitro benzene ring substituents is 1. The Bertz CT molecular complexity index is 1140. The van der Waals surface area contributed by atoms with E-state index in [0.29, 0.717) is 25.5 Å². The van der Waals surface area contributed by atoms with Gasteiger partial charge in [-0.1, -0.05) is 0 Å². The molecule has 1 saturated heterocycles. The summed E-state index contributed by atoms with van der Waals surface area (Å²) in [7, 11) is 1.02. The molecule has 0 radical (unpaired) electrons. The summed E-state index contributed by atoms with van der Waals surface area (Å²) in [5, 5.41) is 15.5. The molecule has 1 heterocycles. The number of ether oxygens (including phenoxy) is 2. The van der Waals surface area contributed by atoms with Gasteiger partial charge in [-0.05, 0) is 37.1 Å². The quantitative estimate of drug-likeness (QED) is 0.364. The number of anilines is 2. The van der Waals surface area contributed by atoms with Crippen molar-refractivity contribution in [2.24, 2.45) is 0 Å². The molecule has 1 aliphatic rings. The highest BCUT2D eigenvalue weighted by Gasteiger charge is 2.35. The Labute approximate surface area is 190 Å². The Morgan fingerprint density at radius 1 is 1.12 bits per heavy atom. The van der Waals surface area contributed by atoms with Crippen molar-refractivity contribution in [1.29, 1.82) is 0 Å². The molecule has 0 saturated carbocycles. The van der Waals surface area contributed by atoms with Crippen LogP contribution in [-0.4, -0.2) is 42.5 Å². The van der Waals surface area contributed by atoms with E-state index >= 15 is 0 Å². The van der Waals surface area contributed by atoms with E-state index in [1.807, 2.05) is 5.32 Å². The summed E-state index contributed by atoms with van der Waals surface area (Å²) in [6, 6.07) is 5.38. The predicted octanol–water partition coefficient (Wildman–Crippen LogP) is 3.77. The number of carbonyl (C=O) groups is 3. The number of nitro groups is 1. The highest BCUT2D eigenvalue weighted by molar-refractivity contribution is 6.07. The van der Waals surface area contributed by atoms with E-state index < -0.39 is 57.5 Å². The normalized spacial score (nSPS) is 15.5. The summed E-state index contributed by atoms with van der Waals surface area (Å²) in [5.74, 6) is -2.69. The van der Waals surface area contributed by atoms with Gasteiger partial charge in [-0.25, -0.2) is 4.79 Å². The van der Waals surface area contributed by atoms with Crippen LogP contribution in [0.15, 0.2) is 36.4 Å². The molecule has 10 nitrogen and oxygen atoms in total. The number of halogens is 3. The largest absolute Gasteiger partial charge is 0.465 e. The minimum absolute atomic E-state index is 0.158. The number of non-ortho nitro benzene ring substituents is 1. The zero-order chi connectivity index (χ0) is 25.0. The number of amides is 2. The first-order valence-corrected chi connectivity index (χ1v) is 9.82. The van der Waals surface area contributed by atoms with Crippen LogP contribution in [0.5, 0.6) is 0 Å². The van der Waals surface area contributed by atoms with Gasteiger partial charge in [0.15, 0.2) is 0 Å². The molecule has 3 rings (SSSR count). The van der Waals surface area contributed by atoms with Crippen molar-refractivity contribution in [2.45, 2.75) is 25.1 Å². The van der Waals surface area contributed by atoms with E-state index in [9.17, 15) is 37.7 Å². The van der Waals surface area contributed by atoms with Crippen molar-refractivity contribution in [3.63, 3.8) is 0 Å². The first kappa shape index (κ1) is 24.6. The van der Waals surface area contributed by atoms with Crippen LogP contribution in [-0.2, 0) is 20.4 Å². The van der Waals surface area contributed by atoms with Gasteiger partial charge in [0, 0.05) is 30.0 Å². The fourth-order valence-corrected chi connectivity index (χ4v) is 3.25. The molecule has 0 bridgehead atoms. The van der Waals surface area contributed by atoms with Crippen molar-refractivity contribution in [2.75, 3.05) is 24.4 Å². The highest BCUT2D eigenvalue weighted by atomic mass is 19.4. The molecule has 2 amide bonds. The number of hydrogen-bond donors (Lipinski definition) is 2. The molecular formula is C21H18F3N3O7. The standard InChI is InChI=1S/C21H18F3N3O7/c1-33-20(30)12-7-11(8-14(9-12)27(31)32)18(28)26-16-5-4-13(10-15(16)21(22,23)24)25-19(29)17-3-2-6-34-17/h4-5,7-10,17H,2-3,6H2,1H3,(H,25,29)(H,26,28). The van der Waals surface area contributed by atoms with Crippen LogP contribution >= 0.6 is 0 Å². The van der Waals surface area contributed by atoms with Gasteiger partial charge < -0.3 is 20.1 Å². The SMILES string of the molecule is COC(=O)c1cc(C(=O)Nc2ccc(NC(=O)C3CCCO3)cc2C(F)(F)F)cc([N+](=O)[O-])c1. The summed E-state index contributed by atoms with van der Waals surface area (Å²) in [4.78, 5) is 46.8. The first-order chi connectivity index (χ1) is 16.0. The van der Waals surface area contributed by atoms with Gasteiger partial charge in [0.1, 0.15) is 6.10 Å². The third-order valence-electron chi connectivity index (χ3n) is 4.87. The average molecular weight is 481 g/mol.